The van der Waals surface area contributed by atoms with Crippen molar-refractivity contribution in [1.29, 1.82) is 0 Å². The largest absolute Gasteiger partial charge is 0.368 e. The van der Waals surface area contributed by atoms with Gasteiger partial charge in [0.1, 0.15) is 11.9 Å². The maximum atomic E-state index is 12.7. The van der Waals surface area contributed by atoms with Gasteiger partial charge in [0.25, 0.3) is 0 Å². The van der Waals surface area contributed by atoms with Crippen molar-refractivity contribution in [2.75, 3.05) is 0 Å². The van der Waals surface area contributed by atoms with Crippen molar-refractivity contribution in [1.82, 2.24) is 5.32 Å². The maximum Gasteiger partial charge on any atom is 0.239 e. The molecule has 0 saturated heterocycles. The Morgan fingerprint density at radius 2 is 1.83 bits per heavy atom. The number of hydrogen-bond donors (Lipinski definition) is 2. The van der Waals surface area contributed by atoms with E-state index in [9.17, 15) is 14.0 Å². The standard InChI is InChI=1S/C13H17FN2O2/c1-8(10-3-5-11(14)6-4-10)7-12(17)16-9(2)13(15)18/h3-6,8-9H,7H2,1-2H3,(H2,15,18)(H,16,17)/t8-,9-/m1/s1. The zero-order chi connectivity index (χ0) is 13.7. The number of benzene rings is 1. The molecular weight excluding hydrogens is 235 g/mol. The van der Waals surface area contributed by atoms with E-state index in [1.807, 2.05) is 6.92 Å². The van der Waals surface area contributed by atoms with Gasteiger partial charge in [-0.2, -0.15) is 0 Å². The molecule has 2 amide bonds. The molecule has 1 rings (SSSR count). The van der Waals surface area contributed by atoms with Gasteiger partial charge in [0.15, 0.2) is 0 Å². The number of hydrogen-bond acceptors (Lipinski definition) is 2. The van der Waals surface area contributed by atoms with Crippen molar-refractivity contribution in [3.63, 3.8) is 0 Å². The van der Waals surface area contributed by atoms with Gasteiger partial charge < -0.3 is 11.1 Å². The fourth-order valence-corrected chi connectivity index (χ4v) is 1.56. The van der Waals surface area contributed by atoms with Crippen LogP contribution < -0.4 is 11.1 Å². The van der Waals surface area contributed by atoms with Gasteiger partial charge in [-0.3, -0.25) is 9.59 Å². The third kappa shape index (κ3) is 4.16. The molecule has 0 radical (unpaired) electrons. The molecule has 0 aliphatic carbocycles. The minimum atomic E-state index is -0.682. The van der Waals surface area contributed by atoms with Gasteiger partial charge in [0.05, 0.1) is 0 Å². The Morgan fingerprint density at radius 3 is 2.33 bits per heavy atom. The number of nitrogens with one attached hydrogen (secondary N) is 1. The minimum absolute atomic E-state index is 0.0503. The second kappa shape index (κ2) is 6.14. The third-order valence-corrected chi connectivity index (χ3v) is 2.73. The molecule has 0 saturated carbocycles. The molecule has 2 atom stereocenters. The van der Waals surface area contributed by atoms with E-state index in [1.165, 1.54) is 19.1 Å². The van der Waals surface area contributed by atoms with E-state index >= 15 is 0 Å². The Bertz CT molecular complexity index is 431. The fourth-order valence-electron chi connectivity index (χ4n) is 1.56. The second-order valence-corrected chi connectivity index (χ2v) is 4.35. The molecule has 18 heavy (non-hydrogen) atoms. The highest BCUT2D eigenvalue weighted by atomic mass is 19.1. The summed E-state index contributed by atoms with van der Waals surface area (Å²) in [6, 6.07) is 5.32. The average molecular weight is 252 g/mol. The zero-order valence-corrected chi connectivity index (χ0v) is 10.4. The first-order chi connectivity index (χ1) is 8.40. The molecule has 0 bridgehead atoms. The number of rotatable bonds is 5. The van der Waals surface area contributed by atoms with E-state index in [1.54, 1.807) is 12.1 Å². The van der Waals surface area contributed by atoms with Crippen LogP contribution in [-0.2, 0) is 9.59 Å². The molecule has 4 nitrogen and oxygen atoms in total. The number of nitrogens with two attached hydrogens (primary N) is 1. The minimum Gasteiger partial charge on any atom is -0.368 e. The van der Waals surface area contributed by atoms with Crippen LogP contribution in [-0.4, -0.2) is 17.9 Å². The van der Waals surface area contributed by atoms with Crippen LogP contribution in [0, 0.1) is 5.82 Å². The first-order valence-electron chi connectivity index (χ1n) is 5.74. The lowest BCUT2D eigenvalue weighted by Gasteiger charge is -2.14. The predicted molar refractivity (Wildman–Crippen MR) is 66.2 cm³/mol. The van der Waals surface area contributed by atoms with Crippen molar-refractivity contribution >= 4 is 11.8 Å². The lowest BCUT2D eigenvalue weighted by molar-refractivity contribution is -0.127. The summed E-state index contributed by atoms with van der Waals surface area (Å²) in [6.45, 7) is 3.39. The first-order valence-corrected chi connectivity index (χ1v) is 5.74. The Balaban J connectivity index is 2.54. The molecular formula is C13H17FN2O2. The van der Waals surface area contributed by atoms with Gasteiger partial charge >= 0.3 is 0 Å². The van der Waals surface area contributed by atoms with E-state index in [2.05, 4.69) is 5.32 Å². The Kier molecular flexibility index (Phi) is 4.83. The summed E-state index contributed by atoms with van der Waals surface area (Å²) in [5, 5.41) is 2.50. The Morgan fingerprint density at radius 1 is 1.28 bits per heavy atom. The van der Waals surface area contributed by atoms with Crippen molar-refractivity contribution in [2.24, 2.45) is 5.73 Å². The first kappa shape index (κ1) is 14.2. The molecule has 3 N–H and O–H groups in total. The lowest BCUT2D eigenvalue weighted by atomic mass is 9.97. The van der Waals surface area contributed by atoms with E-state index in [0.29, 0.717) is 0 Å². The molecule has 0 spiro atoms. The number of carbonyl (C=O) groups excluding carboxylic acids is 2. The normalized spacial score (nSPS) is 13.7. The predicted octanol–water partition coefficient (Wildman–Crippen LogP) is 1.31. The van der Waals surface area contributed by atoms with E-state index in [0.717, 1.165) is 5.56 Å². The van der Waals surface area contributed by atoms with Crippen LogP contribution in [0.15, 0.2) is 24.3 Å². The Hall–Kier alpha value is -1.91. The summed E-state index contributed by atoms with van der Waals surface area (Å²) in [5.74, 6) is -1.18. The van der Waals surface area contributed by atoms with Gasteiger partial charge in [-0.15, -0.1) is 0 Å². The lowest BCUT2D eigenvalue weighted by Crippen LogP contribution is -2.42. The van der Waals surface area contributed by atoms with E-state index < -0.39 is 11.9 Å². The van der Waals surface area contributed by atoms with Crippen molar-refractivity contribution in [3.8, 4) is 0 Å². The summed E-state index contributed by atoms with van der Waals surface area (Å²) < 4.78 is 12.7. The molecule has 0 aromatic heterocycles. The summed E-state index contributed by atoms with van der Waals surface area (Å²) in [7, 11) is 0. The van der Waals surface area contributed by atoms with Crippen molar-refractivity contribution in [2.45, 2.75) is 32.2 Å². The van der Waals surface area contributed by atoms with E-state index in [4.69, 9.17) is 5.73 Å². The van der Waals surface area contributed by atoms with Gasteiger partial charge in [-0.25, -0.2) is 4.39 Å². The number of halogens is 1. The molecule has 1 aromatic rings. The van der Waals surface area contributed by atoms with Crippen LogP contribution in [0.3, 0.4) is 0 Å². The summed E-state index contributed by atoms with van der Waals surface area (Å²) in [5.41, 5.74) is 5.92. The van der Waals surface area contributed by atoms with Crippen LogP contribution in [0.2, 0.25) is 0 Å². The summed E-state index contributed by atoms with van der Waals surface area (Å²) in [4.78, 5) is 22.4. The zero-order valence-electron chi connectivity index (χ0n) is 10.4. The molecule has 0 unspecified atom stereocenters. The topological polar surface area (TPSA) is 72.2 Å². The van der Waals surface area contributed by atoms with E-state index in [-0.39, 0.29) is 24.1 Å². The van der Waals surface area contributed by atoms with Crippen LogP contribution in [0.1, 0.15) is 31.7 Å². The van der Waals surface area contributed by atoms with Crippen LogP contribution in [0.5, 0.6) is 0 Å². The van der Waals surface area contributed by atoms with Crippen molar-refractivity contribution in [3.05, 3.63) is 35.6 Å². The second-order valence-electron chi connectivity index (χ2n) is 4.35. The van der Waals surface area contributed by atoms with Gasteiger partial charge in [-0.1, -0.05) is 19.1 Å². The monoisotopic (exact) mass is 252 g/mol. The highest BCUT2D eigenvalue weighted by Gasteiger charge is 2.15. The molecule has 0 aliphatic rings. The fraction of sp³-hybridized carbons (Fsp3) is 0.385. The summed E-state index contributed by atoms with van der Waals surface area (Å²) >= 11 is 0. The highest BCUT2D eigenvalue weighted by Crippen LogP contribution is 2.19. The molecule has 98 valence electrons. The van der Waals surface area contributed by atoms with Crippen molar-refractivity contribution < 1.29 is 14.0 Å². The third-order valence-electron chi connectivity index (χ3n) is 2.73. The molecule has 1 aromatic carbocycles. The molecule has 0 fully saturated rings. The number of amides is 2. The van der Waals surface area contributed by atoms with Gasteiger partial charge in [0, 0.05) is 6.42 Å². The molecule has 0 heterocycles. The molecule has 5 heteroatoms. The Labute approximate surface area is 105 Å². The quantitative estimate of drug-likeness (QED) is 0.829. The summed E-state index contributed by atoms with van der Waals surface area (Å²) in [6.07, 6.45) is 0.225. The smallest absolute Gasteiger partial charge is 0.239 e. The maximum absolute atomic E-state index is 12.7. The number of carbonyl (C=O) groups is 2. The van der Waals surface area contributed by atoms with Crippen LogP contribution >= 0.6 is 0 Å². The van der Waals surface area contributed by atoms with Crippen LogP contribution in [0.25, 0.3) is 0 Å². The average Bonchev–Trinajstić information content (AvgIpc) is 2.29. The molecule has 0 aliphatic heterocycles. The van der Waals surface area contributed by atoms with Gasteiger partial charge in [0.2, 0.25) is 11.8 Å². The SMILES string of the molecule is C[C@H](CC(=O)N[C@H](C)C(N)=O)c1ccc(F)cc1. The highest BCUT2D eigenvalue weighted by molar-refractivity contribution is 5.86. The van der Waals surface area contributed by atoms with Crippen LogP contribution in [0.4, 0.5) is 4.39 Å². The number of primary amides is 1. The van der Waals surface area contributed by atoms with Gasteiger partial charge in [-0.05, 0) is 30.5 Å².